The second-order valence-corrected chi connectivity index (χ2v) is 12.9. The fourth-order valence-corrected chi connectivity index (χ4v) is 7.03. The van der Waals surface area contributed by atoms with Crippen molar-refractivity contribution in [1.29, 1.82) is 0 Å². The van der Waals surface area contributed by atoms with E-state index in [-0.39, 0.29) is 11.7 Å². The molecule has 1 aliphatic carbocycles. The number of furan rings is 1. The molecule has 1 atom stereocenters. The Morgan fingerprint density at radius 3 is 2.80 bits per heavy atom. The standard InChI is InChI=1S/C34H30FN5O5S/c1-36-33(41)30-22-14-21(24-8-7-18-9-10-40-25-6-4-5-23(35)20(25)15-27(40)31(18)38-24)26(39(2)46(3)42)16-28(22)45-32(30)19-13-29-34(37-17-19)44-12-11-43-29/h5,7-8,13-17H,4,6,9-12H2,1-3H3,(H,36,41). The summed E-state index contributed by atoms with van der Waals surface area (Å²) in [6.45, 7) is 1.56. The largest absolute Gasteiger partial charge is 0.593 e. The summed E-state index contributed by atoms with van der Waals surface area (Å²) in [4.78, 5) is 23.0. The smallest absolute Gasteiger partial charge is 0.257 e. The zero-order chi connectivity index (χ0) is 31.7. The minimum Gasteiger partial charge on any atom is -0.593 e. The van der Waals surface area contributed by atoms with Crippen molar-refractivity contribution in [1.82, 2.24) is 19.9 Å². The van der Waals surface area contributed by atoms with Crippen LogP contribution < -0.4 is 19.1 Å². The predicted molar refractivity (Wildman–Crippen MR) is 174 cm³/mol. The van der Waals surface area contributed by atoms with Crippen LogP contribution in [-0.2, 0) is 30.7 Å². The molecule has 3 aliphatic rings. The summed E-state index contributed by atoms with van der Waals surface area (Å²) in [5.41, 5.74) is 7.62. The average molecular weight is 640 g/mol. The highest BCUT2D eigenvalue weighted by atomic mass is 32.2. The SMILES string of the molecule is CNC(=O)c1c(-c2cnc3c(c2)OCCO3)oc2cc(N(C)[S+](C)[O-])c(-c3ccc4c(n3)-c3cc5c(n3CC4)CCC=C5F)cc12. The van der Waals surface area contributed by atoms with Crippen LogP contribution in [0.3, 0.4) is 0 Å². The molecule has 2 aliphatic heterocycles. The van der Waals surface area contributed by atoms with E-state index in [9.17, 15) is 13.7 Å². The number of aromatic nitrogens is 3. The van der Waals surface area contributed by atoms with Crippen molar-refractivity contribution in [3.05, 3.63) is 71.1 Å². The van der Waals surface area contributed by atoms with E-state index in [2.05, 4.69) is 20.9 Å². The third-order valence-electron chi connectivity index (χ3n) is 8.92. The molecule has 0 radical (unpaired) electrons. The number of hydrogen-bond donors (Lipinski definition) is 1. The van der Waals surface area contributed by atoms with Gasteiger partial charge in [0.15, 0.2) is 5.75 Å². The lowest BCUT2D eigenvalue weighted by Gasteiger charge is -2.24. The first-order valence-electron chi connectivity index (χ1n) is 15.1. The summed E-state index contributed by atoms with van der Waals surface area (Å²) < 4.78 is 49.2. The molecule has 46 heavy (non-hydrogen) atoms. The molecule has 12 heteroatoms. The van der Waals surface area contributed by atoms with Crippen molar-refractivity contribution < 1.29 is 27.6 Å². The number of fused-ring (bicyclic) bond motifs is 7. The van der Waals surface area contributed by atoms with Gasteiger partial charge in [0.2, 0.25) is 0 Å². The first-order chi connectivity index (χ1) is 22.3. The predicted octanol–water partition coefficient (Wildman–Crippen LogP) is 5.70. The molecule has 0 spiro atoms. The number of ether oxygens (including phenoxy) is 2. The van der Waals surface area contributed by atoms with Crippen molar-refractivity contribution in [3.63, 3.8) is 0 Å². The molecule has 234 valence electrons. The van der Waals surface area contributed by atoms with Crippen molar-refractivity contribution in [2.75, 3.05) is 37.9 Å². The molecule has 6 heterocycles. The fraction of sp³-hybridized carbons (Fsp3) is 0.265. The van der Waals surface area contributed by atoms with Gasteiger partial charge in [-0.05, 0) is 55.2 Å². The molecule has 1 N–H and O–H groups in total. The Bertz CT molecular complexity index is 2100. The zero-order valence-corrected chi connectivity index (χ0v) is 26.3. The molecular formula is C34H30FN5O5S. The number of amides is 1. The molecule has 1 unspecified atom stereocenters. The Balaban J connectivity index is 1.33. The van der Waals surface area contributed by atoms with Gasteiger partial charge < -0.3 is 28.3 Å². The summed E-state index contributed by atoms with van der Waals surface area (Å²) in [6.07, 6.45) is 7.07. The van der Waals surface area contributed by atoms with E-state index in [4.69, 9.17) is 18.9 Å². The van der Waals surface area contributed by atoms with E-state index >= 15 is 0 Å². The van der Waals surface area contributed by atoms with Crippen LogP contribution in [0.5, 0.6) is 11.6 Å². The maximum Gasteiger partial charge on any atom is 0.257 e. The molecule has 0 saturated carbocycles. The summed E-state index contributed by atoms with van der Waals surface area (Å²) in [5.74, 6) is 0.639. The Morgan fingerprint density at radius 1 is 1.13 bits per heavy atom. The molecule has 8 rings (SSSR count). The lowest BCUT2D eigenvalue weighted by molar-refractivity contribution is 0.0964. The second kappa shape index (κ2) is 10.9. The van der Waals surface area contributed by atoms with Gasteiger partial charge in [0, 0.05) is 53.6 Å². The monoisotopic (exact) mass is 639 g/mol. The fourth-order valence-electron chi connectivity index (χ4n) is 6.60. The third kappa shape index (κ3) is 4.46. The van der Waals surface area contributed by atoms with E-state index in [1.54, 1.807) is 49.1 Å². The number of anilines is 1. The minimum absolute atomic E-state index is 0.189. The maximum absolute atomic E-state index is 14.8. The Hall–Kier alpha value is -4.81. The van der Waals surface area contributed by atoms with Gasteiger partial charge in [0.1, 0.15) is 36.6 Å². The number of rotatable bonds is 5. The summed E-state index contributed by atoms with van der Waals surface area (Å²) in [6, 6.07) is 11.3. The quantitative estimate of drug-likeness (QED) is 0.244. The number of nitrogens with zero attached hydrogens (tertiary/aromatic N) is 4. The topological polar surface area (TPSA) is 118 Å². The van der Waals surface area contributed by atoms with Crippen LogP contribution in [0.2, 0.25) is 0 Å². The first kappa shape index (κ1) is 28.6. The number of allylic oxidation sites excluding steroid dienone is 1. The normalized spacial score (nSPS) is 15.5. The third-order valence-corrected chi connectivity index (χ3v) is 9.89. The highest BCUT2D eigenvalue weighted by Crippen LogP contribution is 2.44. The van der Waals surface area contributed by atoms with Gasteiger partial charge in [0.05, 0.1) is 46.7 Å². The summed E-state index contributed by atoms with van der Waals surface area (Å²) in [5, 5.41) is 3.30. The highest BCUT2D eigenvalue weighted by Gasteiger charge is 2.30. The molecule has 0 saturated heterocycles. The molecule has 0 bridgehead atoms. The van der Waals surface area contributed by atoms with E-state index in [0.29, 0.717) is 81.6 Å². The lowest BCUT2D eigenvalue weighted by atomic mass is 9.98. The minimum atomic E-state index is -1.38. The van der Waals surface area contributed by atoms with Gasteiger partial charge in [-0.15, -0.1) is 0 Å². The molecule has 1 aromatic carbocycles. The van der Waals surface area contributed by atoms with Gasteiger partial charge in [0.25, 0.3) is 11.8 Å². The number of nitrogens with one attached hydrogen (secondary N) is 1. The van der Waals surface area contributed by atoms with Crippen LogP contribution in [0.1, 0.15) is 33.6 Å². The second-order valence-electron chi connectivity index (χ2n) is 11.5. The summed E-state index contributed by atoms with van der Waals surface area (Å²) in [7, 11) is 3.30. The van der Waals surface area contributed by atoms with Crippen LogP contribution in [0.15, 0.2) is 53.1 Å². The highest BCUT2D eigenvalue weighted by molar-refractivity contribution is 7.92. The number of halogens is 1. The van der Waals surface area contributed by atoms with Crippen molar-refractivity contribution in [2.24, 2.45) is 0 Å². The van der Waals surface area contributed by atoms with Crippen LogP contribution in [0.25, 0.3) is 50.8 Å². The number of hydrogen-bond acceptors (Lipinski definition) is 8. The first-order valence-corrected chi connectivity index (χ1v) is 16.6. The van der Waals surface area contributed by atoms with E-state index < -0.39 is 11.4 Å². The van der Waals surface area contributed by atoms with E-state index in [1.165, 1.54) is 0 Å². The van der Waals surface area contributed by atoms with Crippen LogP contribution in [0.4, 0.5) is 10.1 Å². The van der Waals surface area contributed by atoms with Gasteiger partial charge in [-0.25, -0.2) is 14.4 Å². The Kier molecular flexibility index (Phi) is 6.80. The summed E-state index contributed by atoms with van der Waals surface area (Å²) >= 11 is -1.38. The van der Waals surface area contributed by atoms with Crippen molar-refractivity contribution >= 4 is 39.8 Å². The Labute approximate surface area is 267 Å². The van der Waals surface area contributed by atoms with Gasteiger partial charge in [-0.2, -0.15) is 4.31 Å². The zero-order valence-electron chi connectivity index (χ0n) is 25.5. The molecule has 10 nitrogen and oxygen atoms in total. The van der Waals surface area contributed by atoms with Crippen LogP contribution >= 0.6 is 0 Å². The van der Waals surface area contributed by atoms with Crippen molar-refractivity contribution in [3.8, 4) is 45.6 Å². The molecule has 4 aromatic heterocycles. The van der Waals surface area contributed by atoms with E-state index in [0.717, 1.165) is 42.0 Å². The average Bonchev–Trinajstić information content (AvgIpc) is 3.66. The van der Waals surface area contributed by atoms with E-state index in [1.807, 2.05) is 18.2 Å². The molecule has 5 aromatic rings. The number of carbonyl (C=O) groups is 1. The number of aryl methyl sites for hydroxylation is 1. The number of benzene rings is 1. The van der Waals surface area contributed by atoms with Gasteiger partial charge in [-0.3, -0.25) is 4.79 Å². The number of carbonyl (C=O) groups excluding carboxylic acids is 1. The molecule has 1 amide bonds. The van der Waals surface area contributed by atoms with Crippen molar-refractivity contribution in [2.45, 2.75) is 25.8 Å². The molecular weight excluding hydrogens is 609 g/mol. The van der Waals surface area contributed by atoms with Gasteiger partial charge >= 0.3 is 0 Å². The Morgan fingerprint density at radius 2 is 1.98 bits per heavy atom. The van der Waals surface area contributed by atoms with Crippen LogP contribution in [0, 0.1) is 0 Å². The van der Waals surface area contributed by atoms with Crippen LogP contribution in [-0.4, -0.2) is 58.6 Å². The number of pyridine rings is 2. The maximum atomic E-state index is 14.8. The molecule has 0 fully saturated rings. The lowest BCUT2D eigenvalue weighted by Crippen LogP contribution is -2.25. The van der Waals surface area contributed by atoms with Gasteiger partial charge in [-0.1, -0.05) is 6.07 Å².